The maximum atomic E-state index is 11.0. The number of likely N-dealkylation sites (tertiary alicyclic amines) is 1. The number of carbonyl (C=O) groups excluding carboxylic acids is 1. The van der Waals surface area contributed by atoms with Crippen LogP contribution in [0.25, 0.3) is 0 Å². The molecule has 4 nitrogen and oxygen atoms in total. The van der Waals surface area contributed by atoms with Crippen LogP contribution >= 0.6 is 0 Å². The molecule has 0 aliphatic carbocycles. The van der Waals surface area contributed by atoms with Crippen molar-refractivity contribution >= 4 is 5.91 Å². The van der Waals surface area contributed by atoms with E-state index in [1.165, 1.54) is 11.1 Å². The highest BCUT2D eigenvalue weighted by molar-refractivity contribution is 5.74. The molecule has 2 N–H and O–H groups in total. The molecule has 1 saturated heterocycles. The zero-order valence-electron chi connectivity index (χ0n) is 14.6. The number of ether oxygens (including phenoxy) is 1. The summed E-state index contributed by atoms with van der Waals surface area (Å²) in [6, 6.07) is 18.8. The van der Waals surface area contributed by atoms with E-state index >= 15 is 0 Å². The first-order valence-corrected chi connectivity index (χ1v) is 8.95. The molecule has 0 spiro atoms. The van der Waals surface area contributed by atoms with Gasteiger partial charge in [0, 0.05) is 19.5 Å². The maximum absolute atomic E-state index is 11.0. The van der Waals surface area contributed by atoms with E-state index in [2.05, 4.69) is 41.3 Å². The molecule has 0 saturated carbocycles. The summed E-state index contributed by atoms with van der Waals surface area (Å²) in [7, 11) is 0. The van der Waals surface area contributed by atoms with Gasteiger partial charge in [-0.25, -0.2) is 0 Å². The molecule has 1 aliphatic rings. The first kappa shape index (κ1) is 17.5. The Morgan fingerprint density at radius 3 is 2.52 bits per heavy atom. The zero-order chi connectivity index (χ0) is 17.5. The number of rotatable bonds is 8. The number of benzene rings is 2. The Kier molecular flexibility index (Phi) is 6.07. The van der Waals surface area contributed by atoms with Crippen molar-refractivity contribution in [3.63, 3.8) is 0 Å². The highest BCUT2D eigenvalue weighted by atomic mass is 16.5. The van der Waals surface area contributed by atoms with E-state index in [0.29, 0.717) is 18.9 Å². The van der Waals surface area contributed by atoms with E-state index in [0.717, 1.165) is 38.2 Å². The normalized spacial score (nSPS) is 17.5. The van der Waals surface area contributed by atoms with Crippen molar-refractivity contribution < 1.29 is 9.53 Å². The fourth-order valence-corrected chi connectivity index (χ4v) is 3.39. The molecule has 0 bridgehead atoms. The van der Waals surface area contributed by atoms with Crippen molar-refractivity contribution in [2.24, 2.45) is 11.7 Å². The maximum Gasteiger partial charge on any atom is 0.217 e. The second-order valence-corrected chi connectivity index (χ2v) is 6.78. The number of primary amides is 1. The summed E-state index contributed by atoms with van der Waals surface area (Å²) in [5.74, 6) is 1.12. The lowest BCUT2D eigenvalue weighted by atomic mass is 10.1. The molecule has 132 valence electrons. The van der Waals surface area contributed by atoms with Gasteiger partial charge in [-0.3, -0.25) is 9.69 Å². The Morgan fingerprint density at radius 2 is 1.80 bits per heavy atom. The van der Waals surface area contributed by atoms with E-state index in [1.807, 2.05) is 18.2 Å². The predicted molar refractivity (Wildman–Crippen MR) is 99.5 cm³/mol. The second kappa shape index (κ2) is 8.67. The van der Waals surface area contributed by atoms with Crippen molar-refractivity contribution in [2.45, 2.75) is 19.3 Å². The third-order valence-electron chi connectivity index (χ3n) is 4.71. The molecule has 1 fully saturated rings. The summed E-state index contributed by atoms with van der Waals surface area (Å²) in [4.78, 5) is 13.3. The Morgan fingerprint density at radius 1 is 1.08 bits per heavy atom. The predicted octanol–water partition coefficient (Wildman–Crippen LogP) is 2.85. The van der Waals surface area contributed by atoms with Crippen LogP contribution in [0.3, 0.4) is 0 Å². The summed E-state index contributed by atoms with van der Waals surface area (Å²) in [6.45, 7) is 3.53. The van der Waals surface area contributed by atoms with Gasteiger partial charge in [-0.2, -0.15) is 0 Å². The fourth-order valence-electron chi connectivity index (χ4n) is 3.39. The van der Waals surface area contributed by atoms with Gasteiger partial charge in [0.05, 0.1) is 0 Å². The van der Waals surface area contributed by atoms with Gasteiger partial charge in [-0.15, -0.1) is 0 Å². The molecule has 0 aromatic heterocycles. The van der Waals surface area contributed by atoms with Crippen molar-refractivity contribution in [1.29, 1.82) is 0 Å². The van der Waals surface area contributed by atoms with Crippen LogP contribution in [0.1, 0.15) is 24.0 Å². The molecule has 4 heteroatoms. The monoisotopic (exact) mass is 338 g/mol. The lowest BCUT2D eigenvalue weighted by Gasteiger charge is -2.16. The van der Waals surface area contributed by atoms with Crippen LogP contribution in [0, 0.1) is 5.92 Å². The molecule has 2 aromatic rings. The van der Waals surface area contributed by atoms with Gasteiger partial charge in [0.15, 0.2) is 0 Å². The summed E-state index contributed by atoms with van der Waals surface area (Å²) in [5, 5.41) is 0. The lowest BCUT2D eigenvalue weighted by Crippen LogP contribution is -2.27. The lowest BCUT2D eigenvalue weighted by molar-refractivity contribution is -0.118. The molecule has 1 amide bonds. The Balaban J connectivity index is 1.40. The van der Waals surface area contributed by atoms with Crippen LogP contribution < -0.4 is 10.5 Å². The minimum Gasteiger partial charge on any atom is -0.492 e. The van der Waals surface area contributed by atoms with Crippen molar-refractivity contribution in [3.05, 3.63) is 65.7 Å². The van der Waals surface area contributed by atoms with Crippen LogP contribution in [0.15, 0.2) is 54.6 Å². The summed E-state index contributed by atoms with van der Waals surface area (Å²) >= 11 is 0. The van der Waals surface area contributed by atoms with E-state index in [1.54, 1.807) is 0 Å². The SMILES string of the molecule is NC(=O)CC1CCN(CCOc2ccc(Cc3ccccc3)cc2)C1. The molecule has 1 unspecified atom stereocenters. The molecule has 0 radical (unpaired) electrons. The minimum absolute atomic E-state index is 0.196. The summed E-state index contributed by atoms with van der Waals surface area (Å²) in [5.41, 5.74) is 7.87. The average Bonchev–Trinajstić information content (AvgIpc) is 3.04. The molecular formula is C21H26N2O2. The molecule has 1 atom stereocenters. The number of hydrogen-bond donors (Lipinski definition) is 1. The van der Waals surface area contributed by atoms with Gasteiger partial charge < -0.3 is 10.5 Å². The standard InChI is InChI=1S/C21H26N2O2/c22-21(24)15-19-10-11-23(16-19)12-13-25-20-8-6-18(7-9-20)14-17-4-2-1-3-5-17/h1-9,19H,10-16H2,(H2,22,24). The van der Waals surface area contributed by atoms with Crippen LogP contribution in [0.2, 0.25) is 0 Å². The van der Waals surface area contributed by atoms with Gasteiger partial charge in [-0.05, 0) is 48.6 Å². The van der Waals surface area contributed by atoms with Gasteiger partial charge >= 0.3 is 0 Å². The zero-order valence-corrected chi connectivity index (χ0v) is 14.6. The Labute approximate surface area is 149 Å². The molecule has 1 heterocycles. The van der Waals surface area contributed by atoms with Crippen molar-refractivity contribution in [2.75, 3.05) is 26.2 Å². The van der Waals surface area contributed by atoms with Crippen molar-refractivity contribution in [3.8, 4) is 5.75 Å². The first-order valence-electron chi connectivity index (χ1n) is 8.95. The van der Waals surface area contributed by atoms with Crippen LogP contribution in [0.4, 0.5) is 0 Å². The number of carbonyl (C=O) groups is 1. The number of amides is 1. The molecule has 2 aromatic carbocycles. The van der Waals surface area contributed by atoms with Gasteiger partial charge in [0.2, 0.25) is 5.91 Å². The van der Waals surface area contributed by atoms with E-state index in [4.69, 9.17) is 10.5 Å². The smallest absolute Gasteiger partial charge is 0.217 e. The second-order valence-electron chi connectivity index (χ2n) is 6.78. The summed E-state index contributed by atoms with van der Waals surface area (Å²) in [6.07, 6.45) is 2.49. The third-order valence-corrected chi connectivity index (χ3v) is 4.71. The van der Waals surface area contributed by atoms with Gasteiger partial charge in [-0.1, -0.05) is 42.5 Å². The number of nitrogens with zero attached hydrogens (tertiary/aromatic N) is 1. The quantitative estimate of drug-likeness (QED) is 0.805. The molecular weight excluding hydrogens is 312 g/mol. The molecule has 1 aliphatic heterocycles. The van der Waals surface area contributed by atoms with Gasteiger partial charge in [0.25, 0.3) is 0 Å². The van der Waals surface area contributed by atoms with Crippen LogP contribution in [-0.4, -0.2) is 37.0 Å². The Hall–Kier alpha value is -2.33. The van der Waals surface area contributed by atoms with Crippen LogP contribution in [-0.2, 0) is 11.2 Å². The Bertz CT molecular complexity index is 670. The highest BCUT2D eigenvalue weighted by Crippen LogP contribution is 2.19. The first-order chi connectivity index (χ1) is 12.2. The highest BCUT2D eigenvalue weighted by Gasteiger charge is 2.23. The topological polar surface area (TPSA) is 55.6 Å². The number of nitrogens with two attached hydrogens (primary N) is 1. The molecule has 3 rings (SSSR count). The minimum atomic E-state index is -0.196. The van der Waals surface area contributed by atoms with E-state index in [-0.39, 0.29) is 5.91 Å². The fraction of sp³-hybridized carbons (Fsp3) is 0.381. The van der Waals surface area contributed by atoms with Gasteiger partial charge in [0.1, 0.15) is 12.4 Å². The largest absolute Gasteiger partial charge is 0.492 e. The van der Waals surface area contributed by atoms with E-state index in [9.17, 15) is 4.79 Å². The third kappa shape index (κ3) is 5.61. The average molecular weight is 338 g/mol. The number of hydrogen-bond acceptors (Lipinski definition) is 3. The molecule has 25 heavy (non-hydrogen) atoms. The van der Waals surface area contributed by atoms with Crippen molar-refractivity contribution in [1.82, 2.24) is 4.90 Å². The van der Waals surface area contributed by atoms with Crippen LogP contribution in [0.5, 0.6) is 5.75 Å². The summed E-state index contributed by atoms with van der Waals surface area (Å²) < 4.78 is 5.86. The van der Waals surface area contributed by atoms with E-state index < -0.39 is 0 Å².